The van der Waals surface area contributed by atoms with Crippen LogP contribution in [0.25, 0.3) is 66.4 Å². The molecule has 6 aromatic carbocycles. The zero-order valence-electron chi connectivity index (χ0n) is 32.1. The zero-order valence-corrected chi connectivity index (χ0v) is 38.2. The average Bonchev–Trinajstić information content (AvgIpc) is 3.99. The molecule has 0 fully saturated rings. The van der Waals surface area contributed by atoms with Crippen LogP contribution in [0.1, 0.15) is 49.3 Å². The summed E-state index contributed by atoms with van der Waals surface area (Å²) in [5, 5.41) is 5.08. The topological polar surface area (TPSA) is 26.3 Å². The number of aryl methyl sites for hydroxylation is 4. The Morgan fingerprint density at radius 2 is 0.944 bits per heavy atom. The Labute approximate surface area is 335 Å². The summed E-state index contributed by atoms with van der Waals surface area (Å²) >= 11 is -1.78. The molecular formula is C48H48Cl2HfO2Si-2. The molecule has 2 aromatic heterocycles. The minimum atomic E-state index is -1.78. The van der Waals surface area contributed by atoms with Crippen molar-refractivity contribution in [3.05, 3.63) is 156 Å². The van der Waals surface area contributed by atoms with Gasteiger partial charge in [-0.15, -0.1) is 57.9 Å². The van der Waals surface area contributed by atoms with E-state index in [9.17, 15) is 0 Å². The Morgan fingerprint density at radius 1 is 0.556 bits per heavy atom. The zero-order chi connectivity index (χ0) is 38.2. The van der Waals surface area contributed by atoms with Gasteiger partial charge in [0, 0.05) is 0 Å². The molecule has 276 valence electrons. The molecule has 0 spiro atoms. The van der Waals surface area contributed by atoms with Crippen LogP contribution in [-0.4, -0.2) is 5.49 Å². The van der Waals surface area contributed by atoms with Crippen LogP contribution in [0.4, 0.5) is 0 Å². The van der Waals surface area contributed by atoms with Gasteiger partial charge in [0.2, 0.25) is 0 Å². The summed E-state index contributed by atoms with van der Waals surface area (Å²) in [5.74, 6) is 3.77. The predicted octanol–water partition coefficient (Wildman–Crippen LogP) is 15.7. The number of rotatable bonds is 8. The first-order chi connectivity index (χ1) is 26.1. The summed E-state index contributed by atoms with van der Waals surface area (Å²) in [7, 11) is 11.3. The molecule has 0 N–H and O–H groups in total. The Balaban J connectivity index is 0.000000160. The fourth-order valence-electron chi connectivity index (χ4n) is 6.72. The molecule has 2 nitrogen and oxygen atoms in total. The van der Waals surface area contributed by atoms with Gasteiger partial charge < -0.3 is 8.83 Å². The fourth-order valence-corrected chi connectivity index (χ4v) is 6.72. The second kappa shape index (κ2) is 18.8. The van der Waals surface area contributed by atoms with Crippen molar-refractivity contribution >= 4 is 44.2 Å². The van der Waals surface area contributed by atoms with Crippen LogP contribution in [-0.2, 0) is 30.5 Å². The molecule has 0 aliphatic rings. The molecule has 0 aliphatic carbocycles. The van der Waals surface area contributed by atoms with Crippen LogP contribution in [0.15, 0.2) is 142 Å². The summed E-state index contributed by atoms with van der Waals surface area (Å²) in [6.07, 6.45) is 4.65. The third-order valence-corrected chi connectivity index (χ3v) is 37.0. The van der Waals surface area contributed by atoms with Gasteiger partial charge in [0.15, 0.2) is 0 Å². The summed E-state index contributed by atoms with van der Waals surface area (Å²) in [5.41, 5.74) is 10.0. The van der Waals surface area contributed by atoms with Gasteiger partial charge in [-0.25, -0.2) is 0 Å². The van der Waals surface area contributed by atoms with Crippen LogP contribution in [0.5, 0.6) is 0 Å². The van der Waals surface area contributed by atoms with Crippen molar-refractivity contribution in [3.63, 3.8) is 0 Å². The second-order valence-corrected chi connectivity index (χ2v) is 45.8. The normalized spacial score (nSPS) is 10.9. The number of hydrogen-bond donors (Lipinski definition) is 0. The summed E-state index contributed by atoms with van der Waals surface area (Å²) in [6.45, 7) is 12.7. The minimum absolute atomic E-state index is 0.208. The molecular weight excluding hydrogens is 886 g/mol. The van der Waals surface area contributed by atoms with Crippen molar-refractivity contribution in [2.75, 3.05) is 0 Å². The predicted molar refractivity (Wildman–Crippen MR) is 232 cm³/mol. The van der Waals surface area contributed by atoms with E-state index in [0.29, 0.717) is 0 Å². The molecule has 0 radical (unpaired) electrons. The maximum atomic E-state index is 5.79. The summed E-state index contributed by atoms with van der Waals surface area (Å²) in [4.78, 5) is 0. The molecule has 54 heavy (non-hydrogen) atoms. The van der Waals surface area contributed by atoms with E-state index in [-0.39, 0.29) is 5.49 Å². The van der Waals surface area contributed by atoms with E-state index in [1.165, 1.54) is 67.8 Å². The van der Waals surface area contributed by atoms with Crippen molar-refractivity contribution in [2.45, 2.75) is 66.5 Å². The van der Waals surface area contributed by atoms with Crippen LogP contribution in [0, 0.1) is 13.8 Å². The van der Waals surface area contributed by atoms with E-state index in [4.69, 9.17) is 26.0 Å². The van der Waals surface area contributed by atoms with Crippen molar-refractivity contribution in [2.24, 2.45) is 0 Å². The van der Waals surface area contributed by atoms with E-state index >= 15 is 0 Å². The maximum absolute atomic E-state index is 5.79. The van der Waals surface area contributed by atoms with Crippen LogP contribution >= 0.6 is 17.2 Å². The van der Waals surface area contributed by atoms with Gasteiger partial charge in [0.05, 0.1) is 23.0 Å². The van der Waals surface area contributed by atoms with Crippen molar-refractivity contribution in [1.29, 1.82) is 0 Å². The number of furan rings is 2. The van der Waals surface area contributed by atoms with Gasteiger partial charge in [-0.05, 0) is 73.2 Å². The Bertz CT molecular complexity index is 2290. The molecule has 0 saturated carbocycles. The van der Waals surface area contributed by atoms with Gasteiger partial charge >= 0.3 is 53.4 Å². The van der Waals surface area contributed by atoms with E-state index in [0.717, 1.165) is 47.0 Å². The first-order valence-corrected chi connectivity index (χ1v) is 35.6. The number of fused-ring (bicyclic) bond motifs is 2. The standard InChI is InChI=1S/2C23H21O.C2H6Si.2ClH.Hf/c2*1-3-5-17-9-11-18(12-10-17)21-7-4-6-19-14-20(15-22(19)21)23-13-8-16(2)24-23;1-3-2;;;/h2*4,6-15H,3,5H2,1-2H3;1-2H3;2*1H;/q2*-1;;;;+2/p-2. The molecule has 0 unspecified atom stereocenters. The second-order valence-electron chi connectivity index (χ2n) is 14.1. The fraction of sp³-hybridized carbons (Fsp3) is 0.208. The van der Waals surface area contributed by atoms with Crippen molar-refractivity contribution in [1.82, 2.24) is 0 Å². The van der Waals surface area contributed by atoms with E-state index in [2.05, 4.69) is 136 Å². The molecule has 8 aromatic rings. The van der Waals surface area contributed by atoms with E-state index < -0.39 is 17.7 Å². The molecule has 0 amide bonds. The Kier molecular flexibility index (Phi) is 13.9. The number of halogens is 2. The third-order valence-electron chi connectivity index (χ3n) is 9.54. The van der Waals surface area contributed by atoms with Crippen molar-refractivity contribution < 1.29 is 26.5 Å². The first kappa shape index (κ1) is 40.0. The summed E-state index contributed by atoms with van der Waals surface area (Å²) in [6, 6.07) is 48.0. The Morgan fingerprint density at radius 3 is 1.26 bits per heavy atom. The molecule has 0 bridgehead atoms. The summed E-state index contributed by atoms with van der Waals surface area (Å²) < 4.78 is 11.6. The van der Waals surface area contributed by atoms with Crippen LogP contribution in [0.2, 0.25) is 13.1 Å². The van der Waals surface area contributed by atoms with Gasteiger partial charge in [-0.3, -0.25) is 0 Å². The van der Waals surface area contributed by atoms with Gasteiger partial charge in [-0.2, -0.15) is 0 Å². The van der Waals surface area contributed by atoms with E-state index in [1.54, 1.807) is 0 Å². The molecule has 2 heterocycles. The van der Waals surface area contributed by atoms with Gasteiger partial charge in [0.25, 0.3) is 0 Å². The monoisotopic (exact) mass is 934 g/mol. The van der Waals surface area contributed by atoms with Crippen LogP contribution < -0.4 is 0 Å². The number of hydrogen-bond acceptors (Lipinski definition) is 2. The average molecular weight is 934 g/mol. The third kappa shape index (κ3) is 9.95. The molecule has 0 saturated heterocycles. The van der Waals surface area contributed by atoms with Crippen LogP contribution in [0.3, 0.4) is 0 Å². The van der Waals surface area contributed by atoms with Gasteiger partial charge in [0.1, 0.15) is 0 Å². The molecule has 0 atom stereocenters. The SMILES string of the molecule is CCCc1ccc(-c2cccc3[cH-]c(-c4ccc(C)o4)cc23)cc1.CCCc1ccc(-c2cccc3[cH-]c(-c4ccc(C)o4)cc23)cc1.C[Si](C)=[Hf]([Cl])[Cl]. The quantitative estimate of drug-likeness (QED) is 0.112. The first-order valence-electron chi connectivity index (χ1n) is 18.8. The van der Waals surface area contributed by atoms with Crippen molar-refractivity contribution in [3.8, 4) is 44.9 Å². The molecule has 8 rings (SSSR count). The van der Waals surface area contributed by atoms with Gasteiger partial charge in [-0.1, -0.05) is 122 Å². The van der Waals surface area contributed by atoms with E-state index in [1.807, 2.05) is 38.1 Å². The number of benzene rings is 4. The Hall–Kier alpha value is -3.67. The molecule has 0 aliphatic heterocycles. The molecule has 6 heteroatoms.